The first-order valence-electron chi connectivity index (χ1n) is 13.3. The molecule has 41 heavy (non-hydrogen) atoms. The molecule has 2 unspecified atom stereocenters. The summed E-state index contributed by atoms with van der Waals surface area (Å²) in [5, 5.41) is 22.7. The lowest BCUT2D eigenvalue weighted by Gasteiger charge is -2.23. The number of alkyl halides is 2. The van der Waals surface area contributed by atoms with Gasteiger partial charge in [-0.25, -0.2) is 9.18 Å². The zero-order valence-electron chi connectivity index (χ0n) is 23.2. The molecule has 0 aromatic heterocycles. The van der Waals surface area contributed by atoms with E-state index in [1.54, 1.807) is 36.7 Å². The molecule has 1 aliphatic carbocycles. The lowest BCUT2D eigenvalue weighted by Crippen LogP contribution is -2.38. The Kier molecular flexibility index (Phi) is 14.2. The predicted octanol–water partition coefficient (Wildman–Crippen LogP) is 6.99. The van der Waals surface area contributed by atoms with Crippen molar-refractivity contribution in [3.8, 4) is 0 Å². The third kappa shape index (κ3) is 12.3. The van der Waals surface area contributed by atoms with Crippen LogP contribution in [0.3, 0.4) is 0 Å². The van der Waals surface area contributed by atoms with Crippen LogP contribution in [0.2, 0.25) is 0 Å². The number of hydrogen-bond acceptors (Lipinski definition) is 5. The molecule has 1 aromatic rings. The summed E-state index contributed by atoms with van der Waals surface area (Å²) in [5.74, 6) is -6.25. The maximum Gasteiger partial charge on any atom is 0.374 e. The second-order valence-electron chi connectivity index (χ2n) is 9.20. The van der Waals surface area contributed by atoms with E-state index in [0.29, 0.717) is 18.4 Å². The summed E-state index contributed by atoms with van der Waals surface area (Å²) in [5.41, 5.74) is 6.14. The van der Waals surface area contributed by atoms with Crippen LogP contribution < -0.4 is 5.32 Å². The number of benzene rings is 1. The number of carboxylic acid groups (broad SMARTS) is 1. The molecule has 0 fully saturated rings. The number of unbranched alkanes of at least 4 members (excludes halogenated alkanes) is 1. The van der Waals surface area contributed by atoms with Gasteiger partial charge < -0.3 is 10.2 Å². The Labute approximate surface area is 239 Å². The molecule has 9 heteroatoms. The zero-order chi connectivity index (χ0) is 30.1. The third-order valence-corrected chi connectivity index (χ3v) is 6.11. The molecule has 1 aliphatic rings. The Hall–Kier alpha value is -4.04. The topological polar surface area (TPSA) is 94.3 Å². The molecule has 0 radical (unpaired) electrons. The van der Waals surface area contributed by atoms with Gasteiger partial charge in [-0.1, -0.05) is 48.9 Å². The van der Waals surface area contributed by atoms with E-state index in [0.717, 1.165) is 16.7 Å². The van der Waals surface area contributed by atoms with Crippen LogP contribution in [0.4, 0.5) is 13.2 Å². The normalized spacial score (nSPS) is 19.7. The van der Waals surface area contributed by atoms with Crippen LogP contribution >= 0.6 is 0 Å². The average Bonchev–Trinajstić information content (AvgIpc) is 2.93. The molecule has 3 N–H and O–H groups in total. The molecule has 0 amide bonds. The number of nitrogens with one attached hydrogen (secondary N) is 1. The van der Waals surface area contributed by atoms with Gasteiger partial charge in [0.2, 0.25) is 0 Å². The van der Waals surface area contributed by atoms with Crippen molar-refractivity contribution in [2.75, 3.05) is 0 Å². The average molecular weight is 568 g/mol. The minimum absolute atomic E-state index is 0.0425. The summed E-state index contributed by atoms with van der Waals surface area (Å²) in [7, 11) is 0. The first-order valence-corrected chi connectivity index (χ1v) is 13.3. The third-order valence-electron chi connectivity index (χ3n) is 6.11. The van der Waals surface area contributed by atoms with Crippen molar-refractivity contribution in [1.82, 2.24) is 5.32 Å². The minimum Gasteiger partial charge on any atom is -0.477 e. The van der Waals surface area contributed by atoms with Gasteiger partial charge in [-0.3, -0.25) is 15.3 Å². The Morgan fingerprint density at radius 1 is 1.20 bits per heavy atom. The highest BCUT2D eigenvalue weighted by Crippen LogP contribution is 2.22. The fourth-order valence-electron chi connectivity index (χ4n) is 3.81. The first kappa shape index (κ1) is 33.2. The van der Waals surface area contributed by atoms with Crippen molar-refractivity contribution in [3.63, 3.8) is 0 Å². The molecule has 1 aromatic carbocycles. The maximum atomic E-state index is 13.7. The molecular weight excluding hydrogens is 531 g/mol. The van der Waals surface area contributed by atoms with E-state index in [-0.39, 0.29) is 24.7 Å². The Balaban J connectivity index is 2.15. The maximum absolute atomic E-state index is 13.7. The van der Waals surface area contributed by atoms with Crippen LogP contribution in [0.5, 0.6) is 0 Å². The van der Waals surface area contributed by atoms with Crippen molar-refractivity contribution < 1.29 is 28.2 Å². The van der Waals surface area contributed by atoms with Gasteiger partial charge in [-0.05, 0) is 73.6 Å². The molecule has 0 bridgehead atoms. The number of aliphatic imine (C=N–C) groups is 2. The number of allylic oxidation sites excluding steroid dienone is 5. The fourth-order valence-corrected chi connectivity index (χ4v) is 3.81. The van der Waals surface area contributed by atoms with Crippen LogP contribution in [0, 0.1) is 0 Å². The quantitative estimate of drug-likeness (QED) is 0.0700. The number of aliphatic hydroxyl groups is 1. The van der Waals surface area contributed by atoms with Crippen LogP contribution in [0.15, 0.2) is 117 Å². The van der Waals surface area contributed by atoms with Gasteiger partial charge in [0.05, 0.1) is 0 Å². The number of aliphatic hydroxyl groups excluding tert-OH is 1. The monoisotopic (exact) mass is 567 g/mol. The molecule has 0 aliphatic heterocycles. The highest BCUT2D eigenvalue weighted by Gasteiger charge is 2.37. The van der Waals surface area contributed by atoms with E-state index < -0.39 is 24.5 Å². The lowest BCUT2D eigenvalue weighted by molar-refractivity contribution is -0.165. The van der Waals surface area contributed by atoms with Crippen molar-refractivity contribution in [2.24, 2.45) is 9.98 Å². The van der Waals surface area contributed by atoms with Crippen LogP contribution in [0.25, 0.3) is 0 Å². The van der Waals surface area contributed by atoms with E-state index in [2.05, 4.69) is 21.0 Å². The zero-order valence-corrected chi connectivity index (χ0v) is 23.2. The van der Waals surface area contributed by atoms with E-state index in [1.165, 1.54) is 24.6 Å². The van der Waals surface area contributed by atoms with E-state index in [9.17, 15) is 23.1 Å². The standard InChI is InChI=1S/C32H36F3N3O3/c1-3-26-16-17-28(33)14-9-15-29(26)24(2)38-30(39)27(13-10-21-37-23-25-11-5-4-6-12-25)18-22-36-20-8-7-19-32(34,35)31(40)41/h4-6,10-15,17-18,20-24,30,38-39H,3,7-8,16,19H2,1-2H3,(H,40,41)/b21-10+,22-18+,27-13+,28-17+,29-26+,36-20?,37-23?. The van der Waals surface area contributed by atoms with E-state index in [1.807, 2.05) is 44.2 Å². The number of halogens is 3. The number of nitrogens with zero attached hydrogens (tertiary/aromatic N) is 2. The van der Waals surface area contributed by atoms with Gasteiger partial charge in [-0.2, -0.15) is 8.78 Å². The summed E-state index contributed by atoms with van der Waals surface area (Å²) in [6, 6.07) is 9.26. The number of carboxylic acids is 1. The largest absolute Gasteiger partial charge is 0.477 e. The molecule has 218 valence electrons. The molecule has 0 spiro atoms. The van der Waals surface area contributed by atoms with Crippen molar-refractivity contribution in [2.45, 2.75) is 64.1 Å². The Morgan fingerprint density at radius 2 is 1.95 bits per heavy atom. The Morgan fingerprint density at radius 3 is 2.66 bits per heavy atom. The van der Waals surface area contributed by atoms with Gasteiger partial charge in [0, 0.05) is 43.4 Å². The summed E-state index contributed by atoms with van der Waals surface area (Å²) in [6.07, 6.45) is 14.8. The SMILES string of the molecule is CC/C1=C(\C(C)NC(O)C(/C=C/N=CCCCC(F)(F)C(=O)O)=C/C=C/N=Cc2ccccc2)C=C=C/C(F)=C\C1. The Bertz CT molecular complexity index is 1290. The van der Waals surface area contributed by atoms with E-state index >= 15 is 0 Å². The van der Waals surface area contributed by atoms with Gasteiger partial charge in [-0.15, -0.1) is 5.73 Å². The molecule has 0 saturated carbocycles. The summed E-state index contributed by atoms with van der Waals surface area (Å²) in [6.45, 7) is 3.87. The molecule has 0 saturated heterocycles. The van der Waals surface area contributed by atoms with Gasteiger partial charge in [0.1, 0.15) is 12.1 Å². The summed E-state index contributed by atoms with van der Waals surface area (Å²) < 4.78 is 40.1. The molecule has 6 nitrogen and oxygen atoms in total. The van der Waals surface area contributed by atoms with Crippen LogP contribution in [-0.4, -0.2) is 46.8 Å². The molecule has 2 rings (SSSR count). The first-order chi connectivity index (χ1) is 19.6. The van der Waals surface area contributed by atoms with Gasteiger partial charge >= 0.3 is 11.9 Å². The molecule has 0 heterocycles. The van der Waals surface area contributed by atoms with Crippen LogP contribution in [0.1, 0.15) is 51.5 Å². The second kappa shape index (κ2) is 17.6. The van der Waals surface area contributed by atoms with Crippen molar-refractivity contribution >= 4 is 18.4 Å². The fraction of sp³-hybridized carbons (Fsp3) is 0.312. The number of aliphatic carboxylic acids is 1. The van der Waals surface area contributed by atoms with Crippen LogP contribution in [-0.2, 0) is 4.79 Å². The smallest absolute Gasteiger partial charge is 0.374 e. The van der Waals surface area contributed by atoms with Crippen molar-refractivity contribution in [1.29, 1.82) is 0 Å². The summed E-state index contributed by atoms with van der Waals surface area (Å²) >= 11 is 0. The van der Waals surface area contributed by atoms with E-state index in [4.69, 9.17) is 5.11 Å². The highest BCUT2D eigenvalue weighted by atomic mass is 19.3. The highest BCUT2D eigenvalue weighted by molar-refractivity contribution is 5.79. The van der Waals surface area contributed by atoms with Gasteiger partial charge in [0.15, 0.2) is 0 Å². The summed E-state index contributed by atoms with van der Waals surface area (Å²) in [4.78, 5) is 18.8. The number of hydrogen-bond donors (Lipinski definition) is 3. The van der Waals surface area contributed by atoms with Crippen molar-refractivity contribution in [3.05, 3.63) is 113 Å². The predicted molar refractivity (Wildman–Crippen MR) is 158 cm³/mol. The lowest BCUT2D eigenvalue weighted by atomic mass is 9.95. The molecular formula is C32H36F3N3O3. The molecule has 2 atom stereocenters. The van der Waals surface area contributed by atoms with Gasteiger partial charge in [0.25, 0.3) is 0 Å². The number of rotatable bonds is 15. The minimum atomic E-state index is -3.76. The second-order valence-corrected chi connectivity index (χ2v) is 9.20. The number of carbonyl (C=O) groups is 1.